The summed E-state index contributed by atoms with van der Waals surface area (Å²) in [5.41, 5.74) is 6.85. The van der Waals surface area contributed by atoms with Crippen LogP contribution >= 0.6 is 12.6 Å². The minimum Gasteiger partial charge on any atom is -0.424 e. The van der Waals surface area contributed by atoms with Crippen LogP contribution in [-0.4, -0.2) is 5.97 Å². The van der Waals surface area contributed by atoms with Crippen molar-refractivity contribution in [3.05, 3.63) is 17.7 Å². The molecule has 0 amide bonds. The predicted molar refractivity (Wildman–Crippen MR) is 54.2 cm³/mol. The summed E-state index contributed by atoms with van der Waals surface area (Å²) in [5, 5.41) is 0. The Kier molecular flexibility index (Phi) is 2.83. The fraction of sp³-hybridized carbons (Fsp3) is 0.222. The third kappa shape index (κ3) is 2.15. The molecule has 0 aromatic heterocycles. The largest absolute Gasteiger partial charge is 0.424 e. The maximum absolute atomic E-state index is 10.7. The lowest BCUT2D eigenvalue weighted by molar-refractivity contribution is -0.131. The Morgan fingerprint density at radius 2 is 2.15 bits per heavy atom. The molecule has 1 aromatic carbocycles. The van der Waals surface area contributed by atoms with Crippen LogP contribution in [-0.2, 0) is 4.79 Å². The maximum atomic E-state index is 10.7. The van der Waals surface area contributed by atoms with Gasteiger partial charge in [-0.2, -0.15) is 0 Å². The highest BCUT2D eigenvalue weighted by Gasteiger charge is 2.09. The molecule has 2 N–H and O–H groups in total. The van der Waals surface area contributed by atoms with Gasteiger partial charge in [0.1, 0.15) is 0 Å². The van der Waals surface area contributed by atoms with Gasteiger partial charge in [0.2, 0.25) is 0 Å². The summed E-state index contributed by atoms with van der Waals surface area (Å²) >= 11 is 4.19. The van der Waals surface area contributed by atoms with Crippen LogP contribution < -0.4 is 10.5 Å². The molecule has 0 saturated carbocycles. The van der Waals surface area contributed by atoms with Crippen molar-refractivity contribution in [1.29, 1.82) is 0 Å². The molecule has 0 aliphatic carbocycles. The smallest absolute Gasteiger partial charge is 0.308 e. The summed E-state index contributed by atoms with van der Waals surface area (Å²) in [6, 6.07) is 3.42. The summed E-state index contributed by atoms with van der Waals surface area (Å²) in [6.07, 6.45) is 0. The molecule has 1 rings (SSSR count). The van der Waals surface area contributed by atoms with Crippen LogP contribution in [0.1, 0.15) is 12.5 Å². The number of hydrogen-bond donors (Lipinski definition) is 2. The number of nitrogens with two attached hydrogens (primary N) is 1. The second-order valence-electron chi connectivity index (χ2n) is 2.72. The first-order chi connectivity index (χ1) is 6.02. The van der Waals surface area contributed by atoms with E-state index in [0.717, 1.165) is 10.5 Å². The number of hydrogen-bond acceptors (Lipinski definition) is 4. The fourth-order valence-electron chi connectivity index (χ4n) is 0.981. The van der Waals surface area contributed by atoms with Crippen LogP contribution in [0.3, 0.4) is 0 Å². The van der Waals surface area contributed by atoms with Crippen LogP contribution in [0.4, 0.5) is 5.69 Å². The van der Waals surface area contributed by atoms with E-state index in [4.69, 9.17) is 10.5 Å². The zero-order valence-corrected chi connectivity index (χ0v) is 8.39. The Bertz CT molecular complexity index is 350. The average Bonchev–Trinajstić information content (AvgIpc) is 2.05. The second kappa shape index (κ2) is 3.70. The Hall–Kier alpha value is -1.16. The van der Waals surface area contributed by atoms with Crippen molar-refractivity contribution in [3.8, 4) is 5.75 Å². The van der Waals surface area contributed by atoms with Crippen LogP contribution in [0.2, 0.25) is 0 Å². The number of ether oxygens (including phenoxy) is 1. The molecule has 1 aromatic rings. The zero-order valence-electron chi connectivity index (χ0n) is 7.50. The number of anilines is 1. The Labute approximate surface area is 82.3 Å². The molecule has 3 nitrogen and oxygen atoms in total. The lowest BCUT2D eigenvalue weighted by Gasteiger charge is -2.09. The Balaban J connectivity index is 3.17. The third-order valence-electron chi connectivity index (χ3n) is 1.65. The summed E-state index contributed by atoms with van der Waals surface area (Å²) in [4.78, 5) is 11.5. The average molecular weight is 197 g/mol. The van der Waals surface area contributed by atoms with E-state index in [1.807, 2.05) is 0 Å². The summed E-state index contributed by atoms with van der Waals surface area (Å²) in [6.45, 7) is 3.14. The quantitative estimate of drug-likeness (QED) is 0.312. The molecule has 0 radical (unpaired) electrons. The van der Waals surface area contributed by atoms with Gasteiger partial charge in [0.05, 0.1) is 5.69 Å². The van der Waals surface area contributed by atoms with Crippen molar-refractivity contribution in [2.75, 3.05) is 5.73 Å². The minimum absolute atomic E-state index is 0.381. The number of nitrogen functional groups attached to an aromatic ring is 1. The number of benzene rings is 1. The van der Waals surface area contributed by atoms with E-state index in [1.165, 1.54) is 6.92 Å². The van der Waals surface area contributed by atoms with Crippen molar-refractivity contribution in [3.63, 3.8) is 0 Å². The number of esters is 1. The van der Waals surface area contributed by atoms with Crippen molar-refractivity contribution < 1.29 is 9.53 Å². The van der Waals surface area contributed by atoms with Crippen molar-refractivity contribution >= 4 is 24.3 Å². The van der Waals surface area contributed by atoms with E-state index in [-0.39, 0.29) is 5.97 Å². The molecule has 13 heavy (non-hydrogen) atoms. The monoisotopic (exact) mass is 197 g/mol. The van der Waals surface area contributed by atoms with Gasteiger partial charge < -0.3 is 10.5 Å². The van der Waals surface area contributed by atoms with Crippen LogP contribution in [0.25, 0.3) is 0 Å². The molecule has 0 aliphatic heterocycles. The molecule has 0 heterocycles. The van der Waals surface area contributed by atoms with Gasteiger partial charge in [-0.3, -0.25) is 4.79 Å². The zero-order chi connectivity index (χ0) is 10.0. The first-order valence-electron chi connectivity index (χ1n) is 3.79. The lowest BCUT2D eigenvalue weighted by Crippen LogP contribution is -2.05. The maximum Gasteiger partial charge on any atom is 0.308 e. The topological polar surface area (TPSA) is 52.3 Å². The van der Waals surface area contributed by atoms with Crippen molar-refractivity contribution in [1.82, 2.24) is 0 Å². The number of rotatable bonds is 1. The predicted octanol–water partition coefficient (Wildman–Crippen LogP) is 1.79. The minimum atomic E-state index is -0.381. The van der Waals surface area contributed by atoms with E-state index in [1.54, 1.807) is 19.1 Å². The van der Waals surface area contributed by atoms with Crippen LogP contribution in [0.5, 0.6) is 5.75 Å². The van der Waals surface area contributed by atoms with E-state index in [0.29, 0.717) is 11.4 Å². The highest BCUT2D eigenvalue weighted by atomic mass is 32.1. The summed E-state index contributed by atoms with van der Waals surface area (Å²) in [5.74, 6) is 0.0220. The lowest BCUT2D eigenvalue weighted by atomic mass is 10.2. The fourth-order valence-corrected chi connectivity index (χ4v) is 1.16. The molecule has 70 valence electrons. The van der Waals surface area contributed by atoms with Gasteiger partial charge in [-0.05, 0) is 19.1 Å². The summed E-state index contributed by atoms with van der Waals surface area (Å²) < 4.78 is 4.94. The third-order valence-corrected chi connectivity index (χ3v) is 2.14. The standard InChI is InChI=1S/C9H11NO2S/c1-5-8(13)4-3-7(10)9(5)12-6(2)11/h3-4,13H,10H2,1-2H3. The highest BCUT2D eigenvalue weighted by Crippen LogP contribution is 2.30. The van der Waals surface area contributed by atoms with Crippen molar-refractivity contribution in [2.45, 2.75) is 18.7 Å². The molecular formula is C9H11NO2S. The van der Waals surface area contributed by atoms with E-state index >= 15 is 0 Å². The first-order valence-corrected chi connectivity index (χ1v) is 4.23. The van der Waals surface area contributed by atoms with Gasteiger partial charge in [-0.25, -0.2) is 0 Å². The number of thiol groups is 1. The number of carbonyl (C=O) groups is 1. The summed E-state index contributed by atoms with van der Waals surface area (Å²) in [7, 11) is 0. The molecular weight excluding hydrogens is 186 g/mol. The van der Waals surface area contributed by atoms with Crippen LogP contribution in [0, 0.1) is 6.92 Å². The molecule has 0 saturated heterocycles. The molecule has 0 fully saturated rings. The second-order valence-corrected chi connectivity index (χ2v) is 3.20. The SMILES string of the molecule is CC(=O)Oc1c(N)ccc(S)c1C. The van der Waals surface area contributed by atoms with E-state index < -0.39 is 0 Å². The van der Waals surface area contributed by atoms with E-state index in [2.05, 4.69) is 12.6 Å². The normalized spacial score (nSPS) is 9.77. The molecule has 0 unspecified atom stereocenters. The first kappa shape index (κ1) is 9.92. The van der Waals surface area contributed by atoms with E-state index in [9.17, 15) is 4.79 Å². The molecule has 0 bridgehead atoms. The Morgan fingerprint density at radius 3 is 2.69 bits per heavy atom. The molecule has 0 aliphatic rings. The Morgan fingerprint density at radius 1 is 1.54 bits per heavy atom. The van der Waals surface area contributed by atoms with Crippen molar-refractivity contribution in [2.24, 2.45) is 0 Å². The highest BCUT2D eigenvalue weighted by molar-refractivity contribution is 7.80. The molecule has 0 spiro atoms. The number of carbonyl (C=O) groups excluding carboxylic acids is 1. The van der Waals surface area contributed by atoms with Gasteiger partial charge in [-0.15, -0.1) is 12.6 Å². The van der Waals surface area contributed by atoms with Crippen LogP contribution in [0.15, 0.2) is 17.0 Å². The van der Waals surface area contributed by atoms with Gasteiger partial charge in [0.25, 0.3) is 0 Å². The van der Waals surface area contributed by atoms with Gasteiger partial charge in [0, 0.05) is 17.4 Å². The molecule has 4 heteroatoms. The van der Waals surface area contributed by atoms with Gasteiger partial charge >= 0.3 is 5.97 Å². The van der Waals surface area contributed by atoms with Gasteiger partial charge in [0.15, 0.2) is 5.75 Å². The van der Waals surface area contributed by atoms with Gasteiger partial charge in [-0.1, -0.05) is 0 Å². The molecule has 0 atom stereocenters.